The second kappa shape index (κ2) is 7.41. The van der Waals surface area contributed by atoms with E-state index in [1.165, 1.54) is 11.1 Å². The molecule has 0 saturated heterocycles. The number of amides is 2. The number of fused-ring (bicyclic) bond motifs is 2. The second-order valence-electron chi connectivity index (χ2n) is 8.38. The van der Waals surface area contributed by atoms with Gasteiger partial charge >= 0.3 is 0 Å². The van der Waals surface area contributed by atoms with Crippen LogP contribution in [-0.2, 0) is 17.8 Å². The summed E-state index contributed by atoms with van der Waals surface area (Å²) in [5.41, 5.74) is 2.90. The van der Waals surface area contributed by atoms with Crippen LogP contribution in [0.2, 0.25) is 0 Å². The van der Waals surface area contributed by atoms with Crippen molar-refractivity contribution < 1.29 is 19.4 Å². The molecule has 7 heteroatoms. The summed E-state index contributed by atoms with van der Waals surface area (Å²) in [5, 5.41) is 16.0. The molecule has 1 aliphatic carbocycles. The molecule has 2 amide bonds. The van der Waals surface area contributed by atoms with Crippen molar-refractivity contribution in [3.63, 3.8) is 0 Å². The van der Waals surface area contributed by atoms with Gasteiger partial charge in [-0.3, -0.25) is 14.5 Å². The summed E-state index contributed by atoms with van der Waals surface area (Å²) in [6.45, 7) is 2.38. The molecule has 0 radical (unpaired) electrons. The van der Waals surface area contributed by atoms with E-state index in [1.54, 1.807) is 18.2 Å². The van der Waals surface area contributed by atoms with Gasteiger partial charge in [0.05, 0.1) is 11.8 Å². The van der Waals surface area contributed by atoms with Gasteiger partial charge in [-0.25, -0.2) is 0 Å². The number of aliphatic hydroxyl groups is 1. The van der Waals surface area contributed by atoms with Gasteiger partial charge < -0.3 is 20.5 Å². The number of carbonyl (C=O) groups is 2. The van der Waals surface area contributed by atoms with E-state index in [0.29, 0.717) is 23.5 Å². The fourth-order valence-corrected chi connectivity index (χ4v) is 4.18. The Bertz CT molecular complexity index is 1000. The van der Waals surface area contributed by atoms with Crippen LogP contribution in [0.3, 0.4) is 0 Å². The van der Waals surface area contributed by atoms with Crippen LogP contribution in [0.4, 0.5) is 5.69 Å². The Hall–Kier alpha value is -2.90. The highest BCUT2D eigenvalue weighted by Crippen LogP contribution is 2.46. The number of hydrogen-bond donors (Lipinski definition) is 3. The summed E-state index contributed by atoms with van der Waals surface area (Å²) < 4.78 is 5.80. The number of nitrogens with zero attached hydrogens (tertiary/aromatic N) is 1. The normalized spacial score (nSPS) is 19.8. The zero-order valence-electron chi connectivity index (χ0n) is 16.7. The average Bonchev–Trinajstić information content (AvgIpc) is 3.53. The Morgan fingerprint density at radius 2 is 2.03 bits per heavy atom. The molecular weight excluding hydrogens is 382 g/mol. The molecule has 5 rings (SSSR count). The van der Waals surface area contributed by atoms with Crippen molar-refractivity contribution in [1.82, 2.24) is 10.2 Å². The zero-order chi connectivity index (χ0) is 20.7. The van der Waals surface area contributed by atoms with Gasteiger partial charge in [-0.1, -0.05) is 24.3 Å². The highest BCUT2D eigenvalue weighted by atomic mass is 16.5. The fourth-order valence-electron chi connectivity index (χ4n) is 4.18. The summed E-state index contributed by atoms with van der Waals surface area (Å²) in [6, 6.07) is 13.4. The van der Waals surface area contributed by atoms with Crippen LogP contribution in [0.25, 0.3) is 0 Å². The molecule has 3 aliphatic rings. The van der Waals surface area contributed by atoms with Gasteiger partial charge in [0.25, 0.3) is 11.8 Å². The van der Waals surface area contributed by atoms with Crippen molar-refractivity contribution in [2.75, 3.05) is 25.0 Å². The maximum atomic E-state index is 12.5. The number of anilines is 1. The summed E-state index contributed by atoms with van der Waals surface area (Å²) >= 11 is 0. The number of carbonyl (C=O) groups excluding carboxylic acids is 2. The number of nitrogens with one attached hydrogen (secondary N) is 2. The lowest BCUT2D eigenvalue weighted by molar-refractivity contribution is -0.125. The van der Waals surface area contributed by atoms with Gasteiger partial charge in [0.15, 0.2) is 5.60 Å². The zero-order valence-corrected chi connectivity index (χ0v) is 16.7. The highest BCUT2D eigenvalue weighted by molar-refractivity contribution is 6.04. The van der Waals surface area contributed by atoms with Crippen LogP contribution in [0, 0.1) is 0 Å². The molecule has 0 bridgehead atoms. The van der Waals surface area contributed by atoms with E-state index < -0.39 is 11.7 Å². The largest absolute Gasteiger partial charge is 0.475 e. The third-order valence-electron chi connectivity index (χ3n) is 6.09. The molecule has 0 unspecified atom stereocenters. The van der Waals surface area contributed by atoms with Crippen molar-refractivity contribution in [2.24, 2.45) is 0 Å². The van der Waals surface area contributed by atoms with Gasteiger partial charge in [-0.2, -0.15) is 0 Å². The monoisotopic (exact) mass is 407 g/mol. The molecule has 156 valence electrons. The van der Waals surface area contributed by atoms with E-state index >= 15 is 0 Å². The molecule has 1 saturated carbocycles. The highest BCUT2D eigenvalue weighted by Gasteiger charge is 2.55. The molecule has 3 N–H and O–H groups in total. The first kappa shape index (κ1) is 19.1. The van der Waals surface area contributed by atoms with E-state index in [4.69, 9.17) is 4.74 Å². The summed E-state index contributed by atoms with van der Waals surface area (Å²) in [5.74, 6) is 0.155. The van der Waals surface area contributed by atoms with Crippen molar-refractivity contribution >= 4 is 17.5 Å². The van der Waals surface area contributed by atoms with Crippen LogP contribution in [0.15, 0.2) is 42.5 Å². The lowest BCUT2D eigenvalue weighted by Crippen LogP contribution is -2.42. The van der Waals surface area contributed by atoms with E-state index in [-0.39, 0.29) is 18.4 Å². The first-order valence-corrected chi connectivity index (χ1v) is 10.4. The standard InChI is InChI=1S/C23H25N3O4/c27-18(14-26-10-7-15-3-1-2-4-17(15)13-26)12-24-21(28)16-5-6-20-19(11-16)25-22(29)23(30-20)8-9-23/h1-6,11,18,27H,7-10,12-14H2,(H,24,28)(H,25,29)/t18-/m0/s1. The molecule has 1 atom stereocenters. The topological polar surface area (TPSA) is 90.9 Å². The molecule has 1 spiro atoms. The Kier molecular flexibility index (Phi) is 4.72. The first-order valence-electron chi connectivity index (χ1n) is 10.4. The predicted molar refractivity (Wildman–Crippen MR) is 111 cm³/mol. The minimum absolute atomic E-state index is 0.147. The Labute approximate surface area is 175 Å². The van der Waals surface area contributed by atoms with Crippen LogP contribution in [-0.4, -0.2) is 53.2 Å². The Morgan fingerprint density at radius 3 is 2.83 bits per heavy atom. The molecule has 2 aliphatic heterocycles. The molecule has 1 fully saturated rings. The molecule has 2 aromatic carbocycles. The van der Waals surface area contributed by atoms with Gasteiger partial charge in [-0.15, -0.1) is 0 Å². The third kappa shape index (κ3) is 3.66. The number of aliphatic hydroxyl groups excluding tert-OH is 1. The summed E-state index contributed by atoms with van der Waals surface area (Å²) in [4.78, 5) is 26.9. The average molecular weight is 407 g/mol. The van der Waals surface area contributed by atoms with Gasteiger partial charge in [0, 0.05) is 44.6 Å². The summed E-state index contributed by atoms with van der Waals surface area (Å²) in [6.07, 6.45) is 1.76. The number of hydrogen-bond acceptors (Lipinski definition) is 5. The van der Waals surface area contributed by atoms with E-state index in [2.05, 4.69) is 33.7 Å². The lowest BCUT2D eigenvalue weighted by atomic mass is 10.00. The molecule has 2 heterocycles. The smallest absolute Gasteiger partial charge is 0.268 e. The lowest BCUT2D eigenvalue weighted by Gasteiger charge is -2.30. The number of ether oxygens (including phenoxy) is 1. The second-order valence-corrected chi connectivity index (χ2v) is 8.38. The van der Waals surface area contributed by atoms with Crippen molar-refractivity contribution in [3.05, 3.63) is 59.2 Å². The van der Waals surface area contributed by atoms with Gasteiger partial charge in [-0.05, 0) is 35.7 Å². The Morgan fingerprint density at radius 1 is 1.23 bits per heavy atom. The van der Waals surface area contributed by atoms with E-state index in [0.717, 1.165) is 32.4 Å². The van der Waals surface area contributed by atoms with Gasteiger partial charge in [0.1, 0.15) is 5.75 Å². The number of rotatable bonds is 5. The Balaban J connectivity index is 1.15. The van der Waals surface area contributed by atoms with Crippen molar-refractivity contribution in [1.29, 1.82) is 0 Å². The molecular formula is C23H25N3O4. The van der Waals surface area contributed by atoms with Crippen LogP contribution in [0.5, 0.6) is 5.75 Å². The van der Waals surface area contributed by atoms with Crippen LogP contribution >= 0.6 is 0 Å². The van der Waals surface area contributed by atoms with Crippen molar-refractivity contribution in [3.8, 4) is 5.75 Å². The molecule has 30 heavy (non-hydrogen) atoms. The minimum atomic E-state index is -0.699. The third-order valence-corrected chi connectivity index (χ3v) is 6.09. The van der Waals surface area contributed by atoms with Crippen LogP contribution in [0.1, 0.15) is 34.3 Å². The van der Waals surface area contributed by atoms with Gasteiger partial charge in [0.2, 0.25) is 0 Å². The van der Waals surface area contributed by atoms with E-state index in [9.17, 15) is 14.7 Å². The number of β-amino-alcohol motifs (C(OH)–C–C–N with tert-alkyl or cyclic N) is 1. The predicted octanol–water partition coefficient (Wildman–Crippen LogP) is 1.70. The van der Waals surface area contributed by atoms with Crippen molar-refractivity contribution in [2.45, 2.75) is 37.5 Å². The molecule has 7 nitrogen and oxygen atoms in total. The molecule has 2 aromatic rings. The van der Waals surface area contributed by atoms with Crippen LogP contribution < -0.4 is 15.4 Å². The molecule has 0 aromatic heterocycles. The SMILES string of the molecule is O=C(NC[C@H](O)CN1CCc2ccccc2C1)c1ccc2c(c1)NC(=O)C1(CC1)O2. The number of benzene rings is 2. The van der Waals surface area contributed by atoms with E-state index in [1.807, 2.05) is 6.07 Å². The quantitative estimate of drug-likeness (QED) is 0.702. The summed E-state index contributed by atoms with van der Waals surface area (Å²) in [7, 11) is 0. The maximum absolute atomic E-state index is 12.5. The minimum Gasteiger partial charge on any atom is -0.475 e. The first-order chi connectivity index (χ1) is 14.5. The maximum Gasteiger partial charge on any atom is 0.268 e. The fraction of sp³-hybridized carbons (Fsp3) is 0.391.